The second kappa shape index (κ2) is 9.88. The number of ether oxygens (including phenoxy) is 1. The van der Waals surface area contributed by atoms with Crippen LogP contribution in [0.3, 0.4) is 0 Å². The van der Waals surface area contributed by atoms with Crippen LogP contribution in [0.15, 0.2) is 59.5 Å². The normalized spacial score (nSPS) is 18.4. The number of pyridine rings is 1. The summed E-state index contributed by atoms with van der Waals surface area (Å²) in [5.41, 5.74) is 2.69. The first-order valence-electron chi connectivity index (χ1n) is 10.9. The van der Waals surface area contributed by atoms with Crippen LogP contribution in [0.5, 0.6) is 5.75 Å². The molecule has 11 heteroatoms. The van der Waals surface area contributed by atoms with Crippen molar-refractivity contribution in [3.05, 3.63) is 65.9 Å². The number of aliphatic carboxylic acids is 1. The van der Waals surface area contributed by atoms with Gasteiger partial charge in [0.1, 0.15) is 12.4 Å². The van der Waals surface area contributed by atoms with E-state index in [-0.39, 0.29) is 31.0 Å². The molecule has 0 aliphatic carbocycles. The molecule has 35 heavy (non-hydrogen) atoms. The molecule has 3 N–H and O–H groups in total. The van der Waals surface area contributed by atoms with Crippen LogP contribution in [0.1, 0.15) is 17.7 Å². The van der Waals surface area contributed by atoms with Crippen molar-refractivity contribution < 1.29 is 33.0 Å². The lowest BCUT2D eigenvalue weighted by atomic mass is 9.93. The number of para-hydroxylation sites is 1. The Bertz CT molecular complexity index is 1360. The Morgan fingerprint density at radius 2 is 1.86 bits per heavy atom. The van der Waals surface area contributed by atoms with Gasteiger partial charge in [0.15, 0.2) is 0 Å². The van der Waals surface area contributed by atoms with Crippen LogP contribution in [-0.2, 0) is 21.4 Å². The number of carboxylic acids is 1. The van der Waals surface area contributed by atoms with Crippen LogP contribution in [0.2, 0.25) is 0 Å². The van der Waals surface area contributed by atoms with Gasteiger partial charge >= 0.3 is 12.1 Å². The summed E-state index contributed by atoms with van der Waals surface area (Å²) in [6.07, 6.45) is -1.17. The lowest BCUT2D eigenvalue weighted by molar-refractivity contribution is -0.144. The minimum absolute atomic E-state index is 0.0418. The molecule has 3 aromatic rings. The first-order chi connectivity index (χ1) is 16.6. The van der Waals surface area contributed by atoms with Gasteiger partial charge in [0.2, 0.25) is 10.0 Å². The minimum atomic E-state index is -4.03. The van der Waals surface area contributed by atoms with Gasteiger partial charge in [0, 0.05) is 35.8 Å². The number of hydrogen-bond acceptors (Lipinski definition) is 6. The van der Waals surface area contributed by atoms with E-state index in [4.69, 9.17) is 9.84 Å². The van der Waals surface area contributed by atoms with E-state index in [1.54, 1.807) is 0 Å². The number of piperidine rings is 1. The van der Waals surface area contributed by atoms with E-state index in [1.807, 2.05) is 37.3 Å². The van der Waals surface area contributed by atoms with Gasteiger partial charge in [-0.15, -0.1) is 0 Å². The molecule has 1 amide bonds. The molecule has 0 spiro atoms. The number of fused-ring (bicyclic) bond motifs is 1. The fourth-order valence-corrected chi connectivity index (χ4v) is 5.49. The molecule has 0 bridgehead atoms. The highest BCUT2D eigenvalue weighted by Gasteiger charge is 2.38. The SMILES string of the molecule is Cc1cc(COc2ccc(S(=O)(=O)N[C@@H]3CCN(C(=O)O)C[C@@H]3C(=O)O)cc2)c2ccccc2n1. The molecule has 2 heterocycles. The quantitative estimate of drug-likeness (QED) is 0.450. The number of nitrogens with one attached hydrogen (secondary N) is 1. The van der Waals surface area contributed by atoms with Crippen molar-refractivity contribution in [2.45, 2.75) is 30.9 Å². The summed E-state index contributed by atoms with van der Waals surface area (Å²) in [4.78, 5) is 28.2. The van der Waals surface area contributed by atoms with Crippen LogP contribution in [0.4, 0.5) is 4.79 Å². The molecular weight excluding hydrogens is 474 g/mol. The third-order valence-corrected chi connectivity index (χ3v) is 7.47. The third-order valence-electron chi connectivity index (χ3n) is 5.97. The summed E-state index contributed by atoms with van der Waals surface area (Å²) in [7, 11) is -4.03. The van der Waals surface area contributed by atoms with E-state index in [0.717, 1.165) is 27.1 Å². The van der Waals surface area contributed by atoms with E-state index >= 15 is 0 Å². The maximum atomic E-state index is 12.9. The minimum Gasteiger partial charge on any atom is -0.489 e. The zero-order chi connectivity index (χ0) is 25.2. The number of nitrogens with zero attached hydrogens (tertiary/aromatic N) is 2. The molecule has 4 rings (SSSR count). The molecule has 2 aromatic carbocycles. The van der Waals surface area contributed by atoms with Gasteiger partial charge in [-0.3, -0.25) is 9.78 Å². The molecule has 0 saturated carbocycles. The number of benzene rings is 2. The lowest BCUT2D eigenvalue weighted by Gasteiger charge is -2.35. The Balaban J connectivity index is 1.44. The summed E-state index contributed by atoms with van der Waals surface area (Å²) < 4.78 is 34.1. The van der Waals surface area contributed by atoms with Crippen molar-refractivity contribution >= 4 is 33.0 Å². The maximum Gasteiger partial charge on any atom is 0.407 e. The molecule has 0 radical (unpaired) electrons. The molecule has 1 aromatic heterocycles. The smallest absolute Gasteiger partial charge is 0.407 e. The number of hydrogen-bond donors (Lipinski definition) is 3. The topological polar surface area (TPSA) is 146 Å². The highest BCUT2D eigenvalue weighted by atomic mass is 32.2. The van der Waals surface area contributed by atoms with Crippen LogP contribution in [0.25, 0.3) is 10.9 Å². The number of amides is 1. The van der Waals surface area contributed by atoms with Crippen LogP contribution in [-0.4, -0.2) is 59.7 Å². The van der Waals surface area contributed by atoms with Gasteiger partial charge in [0.05, 0.1) is 16.3 Å². The Morgan fingerprint density at radius 3 is 2.54 bits per heavy atom. The van der Waals surface area contributed by atoms with Crippen molar-refractivity contribution in [3.63, 3.8) is 0 Å². The van der Waals surface area contributed by atoms with Crippen LogP contribution < -0.4 is 9.46 Å². The molecule has 1 aliphatic rings. The van der Waals surface area contributed by atoms with E-state index in [0.29, 0.717) is 5.75 Å². The second-order valence-electron chi connectivity index (χ2n) is 8.39. The van der Waals surface area contributed by atoms with Crippen molar-refractivity contribution in [1.29, 1.82) is 0 Å². The van der Waals surface area contributed by atoms with Crippen molar-refractivity contribution in [3.8, 4) is 5.75 Å². The van der Waals surface area contributed by atoms with Crippen molar-refractivity contribution in [2.75, 3.05) is 13.1 Å². The number of aromatic nitrogens is 1. The van der Waals surface area contributed by atoms with Crippen molar-refractivity contribution in [2.24, 2.45) is 5.92 Å². The summed E-state index contributed by atoms with van der Waals surface area (Å²) in [5, 5.41) is 19.6. The highest BCUT2D eigenvalue weighted by Crippen LogP contribution is 2.24. The first-order valence-corrected chi connectivity index (χ1v) is 12.4. The standard InChI is InChI=1S/C24H25N3O7S/c1-15-12-16(19-4-2-3-5-21(19)25-15)14-34-17-6-8-18(9-7-17)35(32,33)26-22-10-11-27(24(30)31)13-20(22)23(28)29/h2-9,12,20,22,26H,10-11,13-14H2,1H3,(H,28,29)(H,30,31)/t20-,22+/m0/s1. The van der Waals surface area contributed by atoms with Gasteiger partial charge in [-0.25, -0.2) is 17.9 Å². The Hall–Kier alpha value is -3.70. The zero-order valence-electron chi connectivity index (χ0n) is 18.9. The number of carbonyl (C=O) groups is 2. The predicted octanol–water partition coefficient (Wildman–Crippen LogP) is 2.85. The molecule has 10 nitrogen and oxygen atoms in total. The monoisotopic (exact) mass is 499 g/mol. The molecule has 184 valence electrons. The van der Waals surface area contributed by atoms with E-state index < -0.39 is 34.0 Å². The molecule has 1 aliphatic heterocycles. The average Bonchev–Trinajstić information content (AvgIpc) is 2.82. The van der Waals surface area contributed by atoms with E-state index in [2.05, 4.69) is 9.71 Å². The van der Waals surface area contributed by atoms with Gasteiger partial charge < -0.3 is 19.8 Å². The largest absolute Gasteiger partial charge is 0.489 e. The Kier molecular flexibility index (Phi) is 6.90. The number of aryl methyl sites for hydroxylation is 1. The summed E-state index contributed by atoms with van der Waals surface area (Å²) in [6.45, 7) is 1.94. The molecule has 1 fully saturated rings. The summed E-state index contributed by atoms with van der Waals surface area (Å²) in [5.74, 6) is -1.97. The van der Waals surface area contributed by atoms with E-state index in [1.165, 1.54) is 24.3 Å². The Labute approximate surface area is 202 Å². The fraction of sp³-hybridized carbons (Fsp3) is 0.292. The van der Waals surface area contributed by atoms with Crippen molar-refractivity contribution in [1.82, 2.24) is 14.6 Å². The fourth-order valence-electron chi connectivity index (χ4n) is 4.17. The Morgan fingerprint density at radius 1 is 1.14 bits per heavy atom. The number of sulfonamides is 1. The van der Waals surface area contributed by atoms with Gasteiger partial charge in [-0.05, 0) is 49.7 Å². The second-order valence-corrected chi connectivity index (χ2v) is 10.1. The van der Waals surface area contributed by atoms with Gasteiger partial charge in [-0.2, -0.15) is 0 Å². The number of rotatable bonds is 7. The predicted molar refractivity (Wildman–Crippen MR) is 127 cm³/mol. The molecule has 0 unspecified atom stereocenters. The maximum absolute atomic E-state index is 12.9. The average molecular weight is 500 g/mol. The lowest BCUT2D eigenvalue weighted by Crippen LogP contribution is -2.54. The highest BCUT2D eigenvalue weighted by molar-refractivity contribution is 7.89. The molecular formula is C24H25N3O7S. The van der Waals surface area contributed by atoms with Gasteiger partial charge in [0.25, 0.3) is 0 Å². The first kappa shape index (κ1) is 24.4. The molecule has 2 atom stereocenters. The van der Waals surface area contributed by atoms with Crippen LogP contribution in [0, 0.1) is 12.8 Å². The van der Waals surface area contributed by atoms with Crippen LogP contribution >= 0.6 is 0 Å². The number of carboxylic acid groups (broad SMARTS) is 2. The third kappa shape index (κ3) is 5.52. The zero-order valence-corrected chi connectivity index (χ0v) is 19.7. The molecule has 1 saturated heterocycles. The number of likely N-dealkylation sites (tertiary alicyclic amines) is 1. The summed E-state index contributed by atoms with van der Waals surface area (Å²) in [6, 6.07) is 14.6. The van der Waals surface area contributed by atoms with Gasteiger partial charge in [-0.1, -0.05) is 18.2 Å². The summed E-state index contributed by atoms with van der Waals surface area (Å²) >= 11 is 0. The van der Waals surface area contributed by atoms with E-state index in [9.17, 15) is 23.1 Å².